The van der Waals surface area contributed by atoms with Gasteiger partial charge >= 0.3 is 5.97 Å². The molecule has 0 saturated heterocycles. The Bertz CT molecular complexity index is 2920. The normalized spacial score (nSPS) is 19.1. The molecular formula is C56H65N7O11. The lowest BCUT2D eigenvalue weighted by Gasteiger charge is -2.32. The highest BCUT2D eigenvalue weighted by molar-refractivity contribution is 6.13. The van der Waals surface area contributed by atoms with Crippen molar-refractivity contribution in [3.8, 4) is 23.0 Å². The van der Waals surface area contributed by atoms with Crippen molar-refractivity contribution in [2.45, 2.75) is 96.8 Å². The minimum Gasteiger partial charge on any atom is -0.493 e. The summed E-state index contributed by atoms with van der Waals surface area (Å²) in [4.78, 5) is 82.8. The SMILES string of the molecule is COC(=O)CCCCC(=O)N[C@@H](C)C(=O)N[C@@H](C)C(=O)NC1=CC(C)(COc2cc(N)c(C(=O)N3c4ccccc4C[C@H]3C)cc2OC)CC(COc2cc3c(cc2OC)C(=O)N2c4ccccc4C[C@H]2CN3)=C1. The number of allylic oxidation sites excluding steroid dienone is 1. The summed E-state index contributed by atoms with van der Waals surface area (Å²) in [6.45, 7) is 7.65. The number of amides is 5. The van der Waals surface area contributed by atoms with Crippen molar-refractivity contribution in [2.75, 3.05) is 61.9 Å². The first kappa shape index (κ1) is 52.3. The summed E-state index contributed by atoms with van der Waals surface area (Å²) < 4.78 is 29.2. The lowest BCUT2D eigenvalue weighted by Crippen LogP contribution is -2.51. The number of fused-ring (bicyclic) bond motifs is 5. The van der Waals surface area contributed by atoms with Crippen LogP contribution in [-0.2, 0) is 36.8 Å². The molecule has 5 atom stereocenters. The lowest BCUT2D eigenvalue weighted by molar-refractivity contribution is -0.140. The van der Waals surface area contributed by atoms with E-state index < -0.39 is 29.3 Å². The summed E-state index contributed by atoms with van der Waals surface area (Å²) in [5, 5.41) is 11.8. The first-order valence-corrected chi connectivity index (χ1v) is 24.9. The second-order valence-corrected chi connectivity index (χ2v) is 19.6. The minimum atomic E-state index is -1.02. The van der Waals surface area contributed by atoms with E-state index in [4.69, 9.17) is 24.7 Å². The van der Waals surface area contributed by atoms with Crippen molar-refractivity contribution < 1.29 is 52.5 Å². The standard InChI is InChI=1S/C56H65N7O11/c1-32-20-36-14-8-10-16-44(36)62(32)54(68)40-23-46(70-5)48(25-42(40)57)74-31-56(4)27-35(21-38(28-56)61-53(67)34(3)60-52(66)33(2)59-50(64)18-12-13-19-51(65)72-7)30-73-49-26-43-41(24-47(49)71-6)55(69)63-39(29-58-43)22-37-15-9-11-17-45(37)63/h8-11,14-17,21,23-26,28,32-34,39,58H,12-13,18-20,22,27,29-31,57H2,1-7H3,(H,59,64)(H,60,66)(H,61,67)/t32-,33+,34+,39+,56?/m1/s1. The van der Waals surface area contributed by atoms with Crippen LogP contribution in [0.1, 0.15) is 91.6 Å². The lowest BCUT2D eigenvalue weighted by atomic mass is 9.80. The van der Waals surface area contributed by atoms with Gasteiger partial charge in [-0.3, -0.25) is 28.8 Å². The number of methoxy groups -OCH3 is 3. The van der Waals surface area contributed by atoms with Crippen LogP contribution >= 0.6 is 0 Å². The Morgan fingerprint density at radius 1 is 0.811 bits per heavy atom. The fourth-order valence-corrected chi connectivity index (χ4v) is 10.1. The molecule has 74 heavy (non-hydrogen) atoms. The average molecular weight is 1010 g/mol. The number of nitrogens with zero attached hydrogens (tertiary/aromatic N) is 2. The molecule has 0 spiro atoms. The van der Waals surface area contributed by atoms with E-state index in [-0.39, 0.29) is 73.1 Å². The molecule has 6 N–H and O–H groups in total. The Morgan fingerprint density at radius 2 is 1.47 bits per heavy atom. The molecule has 0 bridgehead atoms. The average Bonchev–Trinajstić information content (AvgIpc) is 3.89. The number of nitrogen functional groups attached to an aromatic ring is 1. The van der Waals surface area contributed by atoms with E-state index in [2.05, 4.69) is 26.0 Å². The topological polar surface area (TPSA) is 229 Å². The Kier molecular flexibility index (Phi) is 15.8. The maximum Gasteiger partial charge on any atom is 0.305 e. The molecule has 4 aromatic rings. The summed E-state index contributed by atoms with van der Waals surface area (Å²) in [6, 6.07) is 20.3. The van der Waals surface area contributed by atoms with Gasteiger partial charge in [-0.1, -0.05) is 49.4 Å². The number of nitrogens with one attached hydrogen (secondary N) is 4. The Balaban J connectivity index is 0.993. The molecule has 390 valence electrons. The molecular weight excluding hydrogens is 947 g/mol. The largest absolute Gasteiger partial charge is 0.493 e. The van der Waals surface area contributed by atoms with Crippen molar-refractivity contribution in [1.82, 2.24) is 16.0 Å². The van der Waals surface area contributed by atoms with Gasteiger partial charge in [0.1, 0.15) is 18.7 Å². The van der Waals surface area contributed by atoms with Gasteiger partial charge in [-0.2, -0.15) is 0 Å². The second-order valence-electron chi connectivity index (χ2n) is 19.6. The molecule has 0 aromatic heterocycles. The molecule has 4 aromatic carbocycles. The molecule has 1 aliphatic carbocycles. The highest BCUT2D eigenvalue weighted by Gasteiger charge is 2.39. The third-order valence-corrected chi connectivity index (χ3v) is 13.9. The molecule has 3 aliphatic heterocycles. The maximum absolute atomic E-state index is 14.1. The Labute approximate surface area is 430 Å². The van der Waals surface area contributed by atoms with Gasteiger partial charge in [-0.15, -0.1) is 0 Å². The Morgan fingerprint density at radius 3 is 2.20 bits per heavy atom. The fraction of sp³-hybridized carbons (Fsp3) is 0.393. The van der Waals surface area contributed by atoms with Gasteiger partial charge in [0.05, 0.1) is 50.8 Å². The smallest absolute Gasteiger partial charge is 0.305 e. The first-order valence-electron chi connectivity index (χ1n) is 24.9. The highest BCUT2D eigenvalue weighted by atomic mass is 16.5. The summed E-state index contributed by atoms with van der Waals surface area (Å²) in [5.74, 6) is -0.833. The van der Waals surface area contributed by atoms with Gasteiger partial charge in [0, 0.05) is 65.7 Å². The summed E-state index contributed by atoms with van der Waals surface area (Å²) >= 11 is 0. The van der Waals surface area contributed by atoms with E-state index >= 15 is 0 Å². The summed E-state index contributed by atoms with van der Waals surface area (Å²) in [6.07, 6.45) is 6.73. The molecule has 18 nitrogen and oxygen atoms in total. The highest BCUT2D eigenvalue weighted by Crippen LogP contribution is 2.43. The van der Waals surface area contributed by atoms with E-state index in [1.807, 2.05) is 73.4 Å². The number of carbonyl (C=O) groups is 6. The van der Waals surface area contributed by atoms with Crippen LogP contribution in [0.5, 0.6) is 23.0 Å². The molecule has 8 rings (SSSR count). The maximum atomic E-state index is 14.1. The number of nitrogens with two attached hydrogens (primary N) is 1. The quantitative estimate of drug-likeness (QED) is 0.0389. The van der Waals surface area contributed by atoms with Crippen LogP contribution in [-0.4, -0.2) is 101 Å². The number of rotatable bonds is 19. The van der Waals surface area contributed by atoms with Gasteiger partial charge in [0.25, 0.3) is 11.8 Å². The van der Waals surface area contributed by atoms with Crippen molar-refractivity contribution in [3.05, 3.63) is 118 Å². The van der Waals surface area contributed by atoms with E-state index in [9.17, 15) is 28.8 Å². The molecule has 0 saturated carbocycles. The van der Waals surface area contributed by atoms with Gasteiger partial charge in [-0.05, 0) is 99.9 Å². The van der Waals surface area contributed by atoms with Crippen LogP contribution in [0.15, 0.2) is 96.2 Å². The van der Waals surface area contributed by atoms with Gasteiger partial charge in [0.2, 0.25) is 17.7 Å². The van der Waals surface area contributed by atoms with Crippen molar-refractivity contribution in [1.29, 1.82) is 0 Å². The summed E-state index contributed by atoms with van der Waals surface area (Å²) in [7, 11) is 4.31. The van der Waals surface area contributed by atoms with Crippen molar-refractivity contribution in [2.24, 2.45) is 5.41 Å². The number of ether oxygens (including phenoxy) is 5. The number of anilines is 4. The molecule has 0 fully saturated rings. The molecule has 18 heteroatoms. The number of para-hydroxylation sites is 2. The van der Waals surface area contributed by atoms with Crippen LogP contribution < -0.4 is 55.7 Å². The predicted molar refractivity (Wildman–Crippen MR) is 280 cm³/mol. The number of benzene rings is 4. The zero-order chi connectivity index (χ0) is 52.8. The number of esters is 1. The molecule has 4 aliphatic rings. The van der Waals surface area contributed by atoms with Gasteiger partial charge in [0.15, 0.2) is 23.0 Å². The second kappa shape index (κ2) is 22.4. The van der Waals surface area contributed by atoms with Crippen molar-refractivity contribution in [3.63, 3.8) is 0 Å². The van der Waals surface area contributed by atoms with E-state index in [0.717, 1.165) is 40.9 Å². The van der Waals surface area contributed by atoms with Crippen molar-refractivity contribution >= 4 is 58.3 Å². The number of unbranched alkanes of at least 4 members (excludes halogenated alkanes) is 1. The summed E-state index contributed by atoms with van der Waals surface area (Å²) in [5.41, 5.74) is 12.5. The molecule has 5 amide bonds. The van der Waals surface area contributed by atoms with Gasteiger partial charge in [-0.25, -0.2) is 0 Å². The van der Waals surface area contributed by atoms with E-state index in [1.54, 1.807) is 35.2 Å². The number of carbonyl (C=O) groups excluding carboxylic acids is 6. The fourth-order valence-electron chi connectivity index (χ4n) is 10.1. The third kappa shape index (κ3) is 11.4. The van der Waals surface area contributed by atoms with Crippen LogP contribution in [0, 0.1) is 5.41 Å². The predicted octanol–water partition coefficient (Wildman–Crippen LogP) is 6.41. The zero-order valence-electron chi connectivity index (χ0n) is 42.9. The van der Waals surface area contributed by atoms with E-state index in [1.165, 1.54) is 35.2 Å². The van der Waals surface area contributed by atoms with Crippen LogP contribution in [0.3, 0.4) is 0 Å². The van der Waals surface area contributed by atoms with Crippen LogP contribution in [0.4, 0.5) is 22.7 Å². The zero-order valence-corrected chi connectivity index (χ0v) is 42.9. The first-order chi connectivity index (χ1) is 35.5. The minimum absolute atomic E-state index is 0.0470. The van der Waals surface area contributed by atoms with Crippen LogP contribution in [0.2, 0.25) is 0 Å². The molecule has 3 heterocycles. The van der Waals surface area contributed by atoms with Gasteiger partial charge < -0.3 is 60.5 Å². The molecule has 1 unspecified atom stereocenters. The Hall–Kier alpha value is -8.02. The number of hydrogen-bond acceptors (Lipinski definition) is 13. The van der Waals surface area contributed by atoms with Crippen LogP contribution in [0.25, 0.3) is 0 Å². The van der Waals surface area contributed by atoms with E-state index in [0.29, 0.717) is 65.8 Å². The monoisotopic (exact) mass is 1010 g/mol. The number of hydrogen-bond donors (Lipinski definition) is 5. The third-order valence-electron chi connectivity index (χ3n) is 13.9. The molecule has 0 radical (unpaired) electrons.